The zero-order valence-electron chi connectivity index (χ0n) is 26.0. The number of likely N-dealkylation sites (N-methyl/N-ethyl adjacent to an activating group) is 1. The average molecular weight is 660 g/mol. The molecule has 1 aliphatic carbocycles. The Kier molecular flexibility index (Phi) is 12.5. The fraction of sp³-hybridized carbons (Fsp3) is 0.303. The van der Waals surface area contributed by atoms with Crippen molar-refractivity contribution in [3.05, 3.63) is 89.5 Å². The fourth-order valence-corrected chi connectivity index (χ4v) is 5.40. The summed E-state index contributed by atoms with van der Waals surface area (Å²) in [6, 6.07) is 16.3. The Labute approximate surface area is 270 Å². The van der Waals surface area contributed by atoms with Gasteiger partial charge in [0.05, 0.1) is 22.3 Å². The molecule has 4 aromatic rings. The number of fused-ring (bicyclic) bond motifs is 1. The van der Waals surface area contributed by atoms with Crippen molar-refractivity contribution in [2.24, 2.45) is 18.9 Å². The molecule has 1 aromatic heterocycles. The van der Waals surface area contributed by atoms with Crippen LogP contribution in [0.4, 0.5) is 23.2 Å². The predicted octanol–water partition coefficient (Wildman–Crippen LogP) is 6.72. The number of hydrogen-bond donors (Lipinski definition) is 5. The summed E-state index contributed by atoms with van der Waals surface area (Å²) in [6.45, 7) is 3.66. The summed E-state index contributed by atoms with van der Waals surface area (Å²) < 4.78 is 57.7. The van der Waals surface area contributed by atoms with Crippen molar-refractivity contribution < 1.29 is 32.3 Å². The van der Waals surface area contributed by atoms with E-state index in [0.717, 1.165) is 51.3 Å². The summed E-state index contributed by atoms with van der Waals surface area (Å²) in [5.74, 6) is -1.34. The lowest BCUT2D eigenvalue weighted by Crippen LogP contribution is -2.39. The lowest BCUT2D eigenvalue weighted by molar-refractivity contribution is -0.137. The van der Waals surface area contributed by atoms with Crippen molar-refractivity contribution in [2.45, 2.75) is 32.5 Å². The molecule has 0 spiro atoms. The minimum absolute atomic E-state index is 0.103. The first kappa shape index (κ1) is 36.3. The highest BCUT2D eigenvalue weighted by Crippen LogP contribution is 2.39. The molecule has 1 unspecified atom stereocenters. The van der Waals surface area contributed by atoms with Gasteiger partial charge in [-0.15, -0.1) is 0 Å². The molecule has 246 valence electrons. The number of carboxylic acid groups (broad SMARTS) is 1. The maximum atomic E-state index is 14.4. The van der Waals surface area contributed by atoms with E-state index in [2.05, 4.69) is 62.0 Å². The number of imidazole rings is 1. The molecule has 8 nitrogen and oxygen atoms in total. The molecule has 1 aliphatic rings. The van der Waals surface area contributed by atoms with Crippen molar-refractivity contribution in [3.63, 3.8) is 0 Å². The molecule has 0 bridgehead atoms. The van der Waals surface area contributed by atoms with Crippen molar-refractivity contribution in [1.82, 2.24) is 19.6 Å². The van der Waals surface area contributed by atoms with Crippen LogP contribution in [-0.2, 0) is 22.8 Å². The van der Waals surface area contributed by atoms with Crippen molar-refractivity contribution in [2.75, 3.05) is 19.4 Å². The highest BCUT2D eigenvalue weighted by Gasteiger charge is 2.35. The minimum atomic E-state index is -4.67. The van der Waals surface area contributed by atoms with Crippen LogP contribution in [-0.4, -0.2) is 47.2 Å². The molecular formula is C33H37F4N5O3S. The summed E-state index contributed by atoms with van der Waals surface area (Å²) >= 11 is 3.54. The third kappa shape index (κ3) is 8.53. The number of halogens is 4. The molecule has 46 heavy (non-hydrogen) atoms. The fourth-order valence-electron chi connectivity index (χ4n) is 5.40. The van der Waals surface area contributed by atoms with E-state index < -0.39 is 29.4 Å². The number of rotatable bonds is 5. The predicted molar refractivity (Wildman–Crippen MR) is 176 cm³/mol. The topological polar surface area (TPSA) is 108 Å². The third-order valence-electron chi connectivity index (χ3n) is 7.90. The molecule has 3 aromatic carbocycles. The van der Waals surface area contributed by atoms with Gasteiger partial charge in [0.25, 0.3) is 6.47 Å². The second-order valence-electron chi connectivity index (χ2n) is 10.7. The molecule has 5 rings (SSSR count). The standard InChI is InChI=1S/C31H30F4N4O.CH5NS.CH2O2/c1-17-24(20-7-5-19(6-8-20)21-9-12-29-28(13-21)37-18(2)39(29)4)15-23(36-3)16-25(17)30(40)38-27-11-10-22(14-26(27)32)31(33,34)35;1-2-3;2-1-3/h5-15,17,23,25,36H,16H2,1-4H3,(H,38,40);2-3H,1H3;1H,(H,2,3)/t17-,23+,25?;;/m1../s1. The Morgan fingerprint density at radius 2 is 1.63 bits per heavy atom. The van der Waals surface area contributed by atoms with E-state index in [1.165, 1.54) is 0 Å². The number of aryl methyl sites for hydroxylation is 2. The van der Waals surface area contributed by atoms with Crippen LogP contribution in [0.3, 0.4) is 0 Å². The minimum Gasteiger partial charge on any atom is -0.483 e. The van der Waals surface area contributed by atoms with Gasteiger partial charge >= 0.3 is 6.18 Å². The zero-order chi connectivity index (χ0) is 34.2. The Hall–Kier alpha value is -4.20. The van der Waals surface area contributed by atoms with Crippen LogP contribution in [0.1, 0.15) is 30.3 Å². The van der Waals surface area contributed by atoms with Gasteiger partial charge in [-0.1, -0.05) is 56.1 Å². The Morgan fingerprint density at radius 1 is 1.04 bits per heavy atom. The molecule has 0 saturated heterocycles. The Bertz CT molecular complexity index is 1690. The monoisotopic (exact) mass is 659 g/mol. The summed E-state index contributed by atoms with van der Waals surface area (Å²) in [4.78, 5) is 26.2. The Balaban J connectivity index is 0.000000891. The number of aromatic nitrogens is 2. The van der Waals surface area contributed by atoms with Crippen LogP contribution < -0.4 is 15.4 Å². The van der Waals surface area contributed by atoms with Gasteiger partial charge in [-0.05, 0) is 86.0 Å². The molecule has 0 fully saturated rings. The van der Waals surface area contributed by atoms with Crippen LogP contribution in [0.5, 0.6) is 0 Å². The summed E-state index contributed by atoms with van der Waals surface area (Å²) in [7, 11) is 5.53. The molecule has 0 saturated carbocycles. The van der Waals surface area contributed by atoms with Crippen molar-refractivity contribution in [3.8, 4) is 11.1 Å². The van der Waals surface area contributed by atoms with E-state index in [1.54, 1.807) is 14.1 Å². The van der Waals surface area contributed by atoms with E-state index >= 15 is 0 Å². The molecule has 3 atom stereocenters. The van der Waals surface area contributed by atoms with Gasteiger partial charge in [-0.3, -0.25) is 14.3 Å². The van der Waals surface area contributed by atoms with Crippen molar-refractivity contribution in [1.29, 1.82) is 0 Å². The van der Waals surface area contributed by atoms with Gasteiger partial charge in [-0.2, -0.15) is 13.2 Å². The number of amides is 1. The molecule has 4 N–H and O–H groups in total. The molecule has 0 radical (unpaired) electrons. The van der Waals surface area contributed by atoms with E-state index in [0.29, 0.717) is 12.5 Å². The van der Waals surface area contributed by atoms with Crippen LogP contribution >= 0.6 is 12.8 Å². The maximum absolute atomic E-state index is 14.4. The number of nitrogens with zero attached hydrogens (tertiary/aromatic N) is 2. The number of nitrogens with one attached hydrogen (secondary N) is 3. The quantitative estimate of drug-likeness (QED) is 0.0925. The van der Waals surface area contributed by atoms with Gasteiger partial charge in [0.1, 0.15) is 11.6 Å². The number of alkyl halides is 3. The van der Waals surface area contributed by atoms with Gasteiger partial charge in [0.15, 0.2) is 0 Å². The van der Waals surface area contributed by atoms with E-state index in [9.17, 15) is 22.4 Å². The molecule has 13 heteroatoms. The molecule has 1 heterocycles. The van der Waals surface area contributed by atoms with Gasteiger partial charge < -0.3 is 20.3 Å². The molecule has 1 amide bonds. The molecular weight excluding hydrogens is 622 g/mol. The largest absolute Gasteiger partial charge is 0.483 e. The summed E-state index contributed by atoms with van der Waals surface area (Å²) in [5, 5.41) is 12.6. The molecule has 0 aliphatic heterocycles. The first-order valence-corrected chi connectivity index (χ1v) is 14.7. The van der Waals surface area contributed by atoms with Gasteiger partial charge in [0, 0.05) is 19.0 Å². The first-order chi connectivity index (χ1) is 21.8. The van der Waals surface area contributed by atoms with Crippen LogP contribution in [0.25, 0.3) is 27.7 Å². The number of anilines is 1. The highest BCUT2D eigenvalue weighted by atomic mass is 32.1. The lowest BCUT2D eigenvalue weighted by Gasteiger charge is -2.33. The van der Waals surface area contributed by atoms with Crippen molar-refractivity contribution >= 4 is 47.5 Å². The van der Waals surface area contributed by atoms with Crippen LogP contribution in [0, 0.1) is 24.6 Å². The van der Waals surface area contributed by atoms with Gasteiger partial charge in [-0.25, -0.2) is 9.37 Å². The van der Waals surface area contributed by atoms with E-state index in [4.69, 9.17) is 9.90 Å². The SMILES string of the molecule is CNS.CN[C@H]1C=C(c2ccc(-c3ccc4c(c3)nc(C)n4C)cc2)[C@@H](C)C(C(=O)Nc2ccc(C(F)(F)F)cc2F)C1.O=CO. The number of hydrogen-bond acceptors (Lipinski definition) is 6. The van der Waals surface area contributed by atoms with E-state index in [-0.39, 0.29) is 24.1 Å². The second-order valence-corrected chi connectivity index (χ2v) is 11.1. The Morgan fingerprint density at radius 3 is 2.20 bits per heavy atom. The number of carbonyl (C=O) groups excluding carboxylic acids is 1. The first-order valence-electron chi connectivity index (χ1n) is 14.3. The maximum Gasteiger partial charge on any atom is 0.416 e. The lowest BCUT2D eigenvalue weighted by atomic mass is 9.74. The van der Waals surface area contributed by atoms with Crippen LogP contribution in [0.2, 0.25) is 0 Å². The average Bonchev–Trinajstić information content (AvgIpc) is 3.30. The number of allylic oxidation sites excluding steroid dienone is 1. The normalized spacial score (nSPS) is 17.6. The second kappa shape index (κ2) is 15.9. The smallest absolute Gasteiger partial charge is 0.416 e. The van der Waals surface area contributed by atoms with Gasteiger partial charge in [0.2, 0.25) is 5.91 Å². The van der Waals surface area contributed by atoms with Crippen LogP contribution in [0.15, 0.2) is 66.7 Å². The highest BCUT2D eigenvalue weighted by molar-refractivity contribution is 7.78. The van der Waals surface area contributed by atoms with E-state index in [1.807, 2.05) is 45.2 Å². The number of carbonyl (C=O) groups is 2. The number of benzene rings is 3. The zero-order valence-corrected chi connectivity index (χ0v) is 26.9. The number of thiol groups is 1. The third-order valence-corrected chi connectivity index (χ3v) is 7.90. The summed E-state index contributed by atoms with van der Waals surface area (Å²) in [6.07, 6.45) is -2.09. The summed E-state index contributed by atoms with van der Waals surface area (Å²) in [5.41, 5.74) is 4.64.